The van der Waals surface area contributed by atoms with Crippen LogP contribution in [-0.2, 0) is 17.8 Å². The van der Waals surface area contributed by atoms with Crippen LogP contribution in [0.25, 0.3) is 11.0 Å². The van der Waals surface area contributed by atoms with Crippen LogP contribution in [0.5, 0.6) is 0 Å². The summed E-state index contributed by atoms with van der Waals surface area (Å²) in [6.45, 7) is 3.12. The number of imidazole rings is 1. The molecule has 0 N–H and O–H groups in total. The molecule has 1 heterocycles. The lowest BCUT2D eigenvalue weighted by Crippen LogP contribution is -2.03. The molecule has 0 fully saturated rings. The molecule has 0 radical (unpaired) electrons. The van der Waals surface area contributed by atoms with Gasteiger partial charge in [0.25, 0.3) is 0 Å². The molecule has 0 amide bonds. The topological polar surface area (TPSA) is 34.9 Å². The van der Waals surface area contributed by atoms with E-state index in [1.165, 1.54) is 5.52 Å². The van der Waals surface area contributed by atoms with Crippen molar-refractivity contribution in [2.75, 3.05) is 0 Å². The molecule has 0 aliphatic heterocycles. The van der Waals surface area contributed by atoms with Crippen molar-refractivity contribution >= 4 is 17.3 Å². The first-order valence-corrected chi connectivity index (χ1v) is 5.74. The molecular weight excluding hydrogens is 200 g/mol. The Morgan fingerprint density at radius 1 is 1.38 bits per heavy atom. The van der Waals surface area contributed by atoms with Crippen LogP contribution in [-0.4, -0.2) is 15.8 Å². The van der Waals surface area contributed by atoms with Crippen molar-refractivity contribution < 1.29 is 4.79 Å². The molecule has 0 spiro atoms. The summed E-state index contributed by atoms with van der Waals surface area (Å²) in [6.07, 6.45) is 3.31. The molecule has 0 bridgehead atoms. The van der Waals surface area contributed by atoms with E-state index in [1.54, 1.807) is 0 Å². The van der Waals surface area contributed by atoms with Crippen LogP contribution in [0.15, 0.2) is 24.3 Å². The Balaban J connectivity index is 2.45. The van der Waals surface area contributed by atoms with E-state index in [4.69, 9.17) is 0 Å². The SMILES string of the molecule is CCCn1c(CCC=O)nc2ccccc21. The number of para-hydroxylation sites is 2. The highest BCUT2D eigenvalue weighted by molar-refractivity contribution is 5.75. The van der Waals surface area contributed by atoms with E-state index in [1.807, 2.05) is 18.2 Å². The minimum absolute atomic E-state index is 0.549. The summed E-state index contributed by atoms with van der Waals surface area (Å²) in [5.74, 6) is 1.02. The maximum atomic E-state index is 10.4. The van der Waals surface area contributed by atoms with Gasteiger partial charge in [-0.15, -0.1) is 0 Å². The fourth-order valence-electron chi connectivity index (χ4n) is 1.98. The molecule has 0 unspecified atom stereocenters. The van der Waals surface area contributed by atoms with Crippen LogP contribution < -0.4 is 0 Å². The lowest BCUT2D eigenvalue weighted by atomic mass is 10.3. The number of benzene rings is 1. The van der Waals surface area contributed by atoms with Gasteiger partial charge < -0.3 is 9.36 Å². The van der Waals surface area contributed by atoms with Crippen molar-refractivity contribution in [3.63, 3.8) is 0 Å². The summed E-state index contributed by atoms with van der Waals surface area (Å²) in [6, 6.07) is 8.13. The van der Waals surface area contributed by atoms with Crippen molar-refractivity contribution in [2.45, 2.75) is 32.7 Å². The van der Waals surface area contributed by atoms with Crippen LogP contribution in [0, 0.1) is 0 Å². The van der Waals surface area contributed by atoms with Crippen LogP contribution in [0.2, 0.25) is 0 Å². The Bertz CT molecular complexity index is 488. The molecule has 16 heavy (non-hydrogen) atoms. The lowest BCUT2D eigenvalue weighted by molar-refractivity contribution is -0.107. The highest BCUT2D eigenvalue weighted by Gasteiger charge is 2.08. The van der Waals surface area contributed by atoms with Gasteiger partial charge >= 0.3 is 0 Å². The molecule has 0 saturated carbocycles. The Kier molecular flexibility index (Phi) is 3.34. The van der Waals surface area contributed by atoms with Crippen LogP contribution >= 0.6 is 0 Å². The van der Waals surface area contributed by atoms with Gasteiger partial charge in [0.2, 0.25) is 0 Å². The maximum Gasteiger partial charge on any atom is 0.120 e. The summed E-state index contributed by atoms with van der Waals surface area (Å²) < 4.78 is 2.22. The Hall–Kier alpha value is -1.64. The second-order valence-corrected chi connectivity index (χ2v) is 3.87. The minimum Gasteiger partial charge on any atom is -0.328 e. The third-order valence-corrected chi connectivity index (χ3v) is 2.67. The zero-order valence-electron chi connectivity index (χ0n) is 9.52. The average Bonchev–Trinajstić information content (AvgIpc) is 2.66. The second-order valence-electron chi connectivity index (χ2n) is 3.87. The zero-order valence-corrected chi connectivity index (χ0v) is 9.52. The first-order valence-electron chi connectivity index (χ1n) is 5.74. The first kappa shape index (κ1) is 10.9. The lowest BCUT2D eigenvalue weighted by Gasteiger charge is -2.05. The summed E-state index contributed by atoms with van der Waals surface area (Å²) in [5.41, 5.74) is 2.20. The Morgan fingerprint density at radius 3 is 2.94 bits per heavy atom. The van der Waals surface area contributed by atoms with E-state index in [2.05, 4.69) is 22.5 Å². The Morgan fingerprint density at radius 2 is 2.19 bits per heavy atom. The van der Waals surface area contributed by atoms with Crippen molar-refractivity contribution in [1.82, 2.24) is 9.55 Å². The number of rotatable bonds is 5. The van der Waals surface area contributed by atoms with Gasteiger partial charge in [-0.25, -0.2) is 4.98 Å². The predicted octanol–water partition coefficient (Wildman–Crippen LogP) is 2.58. The standard InChI is InChI=1S/C13H16N2O/c1-2-9-15-12-7-4-3-6-11(12)14-13(15)8-5-10-16/h3-4,6-7,10H,2,5,8-9H2,1H3. The van der Waals surface area contributed by atoms with Crippen molar-refractivity contribution in [3.05, 3.63) is 30.1 Å². The van der Waals surface area contributed by atoms with Crippen LogP contribution in [0.3, 0.4) is 0 Å². The van der Waals surface area contributed by atoms with E-state index in [-0.39, 0.29) is 0 Å². The number of aryl methyl sites for hydroxylation is 2. The van der Waals surface area contributed by atoms with Gasteiger partial charge in [0, 0.05) is 19.4 Å². The highest BCUT2D eigenvalue weighted by atomic mass is 16.1. The number of aldehydes is 1. The molecule has 2 aromatic rings. The quantitative estimate of drug-likeness (QED) is 0.720. The third-order valence-electron chi connectivity index (χ3n) is 2.67. The second kappa shape index (κ2) is 4.92. The summed E-state index contributed by atoms with van der Waals surface area (Å²) in [5, 5.41) is 0. The summed E-state index contributed by atoms with van der Waals surface area (Å²) >= 11 is 0. The van der Waals surface area contributed by atoms with Gasteiger partial charge in [-0.2, -0.15) is 0 Å². The molecule has 3 heteroatoms. The molecular formula is C13H16N2O. The number of carbonyl (C=O) groups excluding carboxylic acids is 1. The van der Waals surface area contributed by atoms with E-state index in [9.17, 15) is 4.79 Å². The summed E-state index contributed by atoms with van der Waals surface area (Å²) in [4.78, 5) is 15.0. The van der Waals surface area contributed by atoms with Crippen molar-refractivity contribution in [1.29, 1.82) is 0 Å². The first-order chi connectivity index (χ1) is 7.86. The van der Waals surface area contributed by atoms with E-state index in [0.717, 1.165) is 37.0 Å². The number of aromatic nitrogens is 2. The van der Waals surface area contributed by atoms with Crippen LogP contribution in [0.4, 0.5) is 0 Å². The molecule has 0 aliphatic rings. The van der Waals surface area contributed by atoms with Crippen molar-refractivity contribution in [3.8, 4) is 0 Å². The van der Waals surface area contributed by atoms with Gasteiger partial charge in [0.05, 0.1) is 11.0 Å². The molecule has 84 valence electrons. The molecule has 0 atom stereocenters. The molecule has 2 rings (SSSR count). The van der Waals surface area contributed by atoms with E-state index in [0.29, 0.717) is 6.42 Å². The third kappa shape index (κ3) is 1.98. The van der Waals surface area contributed by atoms with Gasteiger partial charge in [0.15, 0.2) is 0 Å². The number of hydrogen-bond donors (Lipinski definition) is 0. The molecule has 3 nitrogen and oxygen atoms in total. The average molecular weight is 216 g/mol. The maximum absolute atomic E-state index is 10.4. The van der Waals surface area contributed by atoms with Crippen LogP contribution in [0.1, 0.15) is 25.6 Å². The number of nitrogens with zero attached hydrogens (tertiary/aromatic N) is 2. The molecule has 1 aromatic heterocycles. The normalized spacial score (nSPS) is 10.8. The molecule has 0 aliphatic carbocycles. The van der Waals surface area contributed by atoms with Gasteiger partial charge in [0.1, 0.15) is 12.1 Å². The number of carbonyl (C=O) groups is 1. The molecule has 1 aromatic carbocycles. The fourth-order valence-corrected chi connectivity index (χ4v) is 1.98. The summed E-state index contributed by atoms with van der Waals surface area (Å²) in [7, 11) is 0. The Labute approximate surface area is 95.1 Å². The highest BCUT2D eigenvalue weighted by Crippen LogP contribution is 2.17. The monoisotopic (exact) mass is 216 g/mol. The predicted molar refractivity (Wildman–Crippen MR) is 64.4 cm³/mol. The fraction of sp³-hybridized carbons (Fsp3) is 0.385. The number of fused-ring (bicyclic) bond motifs is 1. The van der Waals surface area contributed by atoms with E-state index < -0.39 is 0 Å². The van der Waals surface area contributed by atoms with Gasteiger partial charge in [-0.05, 0) is 18.6 Å². The van der Waals surface area contributed by atoms with Gasteiger partial charge in [-0.1, -0.05) is 19.1 Å². The largest absolute Gasteiger partial charge is 0.328 e. The minimum atomic E-state index is 0.549. The number of hydrogen-bond acceptors (Lipinski definition) is 2. The van der Waals surface area contributed by atoms with Gasteiger partial charge in [-0.3, -0.25) is 0 Å². The smallest absolute Gasteiger partial charge is 0.120 e. The van der Waals surface area contributed by atoms with E-state index >= 15 is 0 Å². The molecule has 0 saturated heterocycles. The zero-order chi connectivity index (χ0) is 11.4. The van der Waals surface area contributed by atoms with Crippen molar-refractivity contribution in [2.24, 2.45) is 0 Å².